The lowest BCUT2D eigenvalue weighted by Gasteiger charge is -2.34. The zero-order valence-electron chi connectivity index (χ0n) is 17.9. The van der Waals surface area contributed by atoms with Gasteiger partial charge in [0.1, 0.15) is 23.0 Å². The van der Waals surface area contributed by atoms with Gasteiger partial charge >= 0.3 is 0 Å². The number of pyridine rings is 1. The molecule has 3 aromatic rings. The van der Waals surface area contributed by atoms with E-state index in [0.717, 1.165) is 11.1 Å². The smallest absolute Gasteiger partial charge is 0.274 e. The zero-order chi connectivity index (χ0) is 25.0. The van der Waals surface area contributed by atoms with Crippen LogP contribution in [0.1, 0.15) is 43.6 Å². The van der Waals surface area contributed by atoms with E-state index in [-0.39, 0.29) is 18.8 Å². The molecule has 2 bridgehead atoms. The molecule has 2 amide bonds. The first-order valence-corrected chi connectivity index (χ1v) is 11.0. The molecule has 2 aliphatic heterocycles. The molecule has 7 nitrogen and oxygen atoms in total. The number of halogens is 4. The summed E-state index contributed by atoms with van der Waals surface area (Å²) in [5, 5.41) is 13.3. The number of carbonyl (C=O) groups is 2. The summed E-state index contributed by atoms with van der Waals surface area (Å²) in [6.45, 7) is -0.124. The number of amides is 2. The van der Waals surface area contributed by atoms with Gasteiger partial charge in [-0.1, -0.05) is 17.7 Å². The van der Waals surface area contributed by atoms with Crippen molar-refractivity contribution in [2.45, 2.75) is 25.6 Å². The minimum atomic E-state index is -1.20. The first-order valence-electron chi connectivity index (χ1n) is 10.6. The second-order valence-corrected chi connectivity index (χ2v) is 8.90. The minimum absolute atomic E-state index is 0.239. The molecular weight excluding hydrogens is 487 g/mol. The van der Waals surface area contributed by atoms with E-state index in [0.29, 0.717) is 23.6 Å². The van der Waals surface area contributed by atoms with E-state index in [9.17, 15) is 32.7 Å². The summed E-state index contributed by atoms with van der Waals surface area (Å²) in [4.78, 5) is 40.1. The van der Waals surface area contributed by atoms with Crippen molar-refractivity contribution in [2.75, 3.05) is 6.54 Å². The van der Waals surface area contributed by atoms with Gasteiger partial charge in [0.2, 0.25) is 5.43 Å². The van der Waals surface area contributed by atoms with Crippen LogP contribution in [-0.4, -0.2) is 32.9 Å². The number of hydrogen-bond donors (Lipinski definition) is 2. The van der Waals surface area contributed by atoms with Gasteiger partial charge in [0.25, 0.3) is 11.8 Å². The van der Waals surface area contributed by atoms with Gasteiger partial charge in [-0.25, -0.2) is 13.2 Å². The van der Waals surface area contributed by atoms with Crippen molar-refractivity contribution in [1.82, 2.24) is 14.8 Å². The van der Waals surface area contributed by atoms with Crippen molar-refractivity contribution in [3.63, 3.8) is 0 Å². The van der Waals surface area contributed by atoms with Gasteiger partial charge in [0, 0.05) is 48.5 Å². The van der Waals surface area contributed by atoms with Crippen LogP contribution in [0.15, 0.2) is 41.3 Å². The van der Waals surface area contributed by atoms with Crippen molar-refractivity contribution in [3.8, 4) is 5.75 Å². The average molecular weight is 504 g/mol. The number of carbonyl (C=O) groups excluding carboxylic acids is 2. The van der Waals surface area contributed by atoms with Gasteiger partial charge in [0.05, 0.1) is 6.04 Å². The third-order valence-electron chi connectivity index (χ3n) is 6.29. The van der Waals surface area contributed by atoms with E-state index in [1.807, 2.05) is 6.07 Å². The van der Waals surface area contributed by atoms with Crippen molar-refractivity contribution < 1.29 is 27.9 Å². The molecule has 2 N–H and O–H groups in total. The average Bonchev–Trinajstić information content (AvgIpc) is 2.96. The number of rotatable bonds is 3. The Balaban J connectivity index is 1.51. The fraction of sp³-hybridized carbons (Fsp3) is 0.208. The predicted octanol–water partition coefficient (Wildman–Crippen LogP) is 3.31. The normalized spacial score (nSPS) is 16.4. The van der Waals surface area contributed by atoms with Crippen molar-refractivity contribution in [2.24, 2.45) is 0 Å². The number of fused-ring (bicyclic) bond motifs is 5. The molecule has 1 aromatic heterocycles. The first kappa shape index (κ1) is 23.0. The number of nitrogens with zero attached hydrogens (tertiary/aromatic N) is 2. The van der Waals surface area contributed by atoms with Crippen LogP contribution in [0.4, 0.5) is 13.2 Å². The first-order chi connectivity index (χ1) is 16.6. The highest BCUT2D eigenvalue weighted by atomic mass is 35.5. The lowest BCUT2D eigenvalue weighted by Crippen LogP contribution is -2.44. The summed E-state index contributed by atoms with van der Waals surface area (Å²) in [7, 11) is 0. The second-order valence-electron chi connectivity index (χ2n) is 8.46. The van der Waals surface area contributed by atoms with E-state index in [2.05, 4.69) is 5.32 Å². The summed E-state index contributed by atoms with van der Waals surface area (Å²) in [6, 6.07) is 5.84. The molecule has 3 heterocycles. The molecule has 0 radical (unpaired) electrons. The van der Waals surface area contributed by atoms with E-state index < -0.39 is 64.2 Å². The highest BCUT2D eigenvalue weighted by Gasteiger charge is 2.37. The van der Waals surface area contributed by atoms with Gasteiger partial charge < -0.3 is 19.9 Å². The molecule has 0 spiro atoms. The van der Waals surface area contributed by atoms with Gasteiger partial charge in [0.15, 0.2) is 11.4 Å². The van der Waals surface area contributed by atoms with Gasteiger partial charge in [-0.2, -0.15) is 0 Å². The van der Waals surface area contributed by atoms with E-state index >= 15 is 0 Å². The Hall–Kier alpha value is -3.79. The Labute approximate surface area is 201 Å². The summed E-state index contributed by atoms with van der Waals surface area (Å²) >= 11 is 6.13. The number of nitrogens with one attached hydrogen (secondary N) is 1. The molecule has 1 atom stereocenters. The van der Waals surface area contributed by atoms with Gasteiger partial charge in [-0.05, 0) is 29.7 Å². The highest BCUT2D eigenvalue weighted by molar-refractivity contribution is 6.30. The fourth-order valence-electron chi connectivity index (χ4n) is 4.56. The third kappa shape index (κ3) is 3.93. The van der Waals surface area contributed by atoms with Crippen molar-refractivity contribution >= 4 is 23.4 Å². The Morgan fingerprint density at radius 1 is 1.11 bits per heavy atom. The molecule has 35 heavy (non-hydrogen) atoms. The molecule has 0 saturated carbocycles. The summed E-state index contributed by atoms with van der Waals surface area (Å²) < 4.78 is 42.3. The highest BCUT2D eigenvalue weighted by Crippen LogP contribution is 2.34. The Bertz CT molecular complexity index is 1450. The fourth-order valence-corrected chi connectivity index (χ4v) is 4.75. The summed E-state index contributed by atoms with van der Waals surface area (Å²) in [5.74, 6) is -5.99. The Morgan fingerprint density at radius 3 is 2.54 bits per heavy atom. The minimum Gasteiger partial charge on any atom is -0.503 e. The largest absolute Gasteiger partial charge is 0.503 e. The summed E-state index contributed by atoms with van der Waals surface area (Å²) in [5.41, 5.74) is -0.671. The second kappa shape index (κ2) is 8.46. The van der Waals surface area contributed by atoms with Crippen molar-refractivity contribution in [3.05, 3.63) is 97.2 Å². The maximum Gasteiger partial charge on any atom is 0.274 e. The molecule has 180 valence electrons. The van der Waals surface area contributed by atoms with Crippen LogP contribution in [0.5, 0.6) is 5.75 Å². The van der Waals surface area contributed by atoms with Crippen LogP contribution in [0.2, 0.25) is 5.02 Å². The number of hydrogen-bond acceptors (Lipinski definition) is 4. The standard InChI is InChI=1S/C24H17ClF3N3O4/c25-13-2-1-11-8-30-9-15(4-12(11)3-13)31-10-17(21(32)22(33)20(31)24(30)35)23(34)29-7-16-18(27)5-14(26)6-19(16)28/h1-3,5-6,10,15,33H,4,7-9H2,(H,29,34)/t15-/m0/s1. The van der Waals surface area contributed by atoms with E-state index in [1.54, 1.807) is 12.1 Å². The van der Waals surface area contributed by atoms with Crippen LogP contribution in [0.25, 0.3) is 0 Å². The lowest BCUT2D eigenvalue weighted by molar-refractivity contribution is 0.0653. The molecule has 2 aromatic carbocycles. The van der Waals surface area contributed by atoms with Crippen LogP contribution >= 0.6 is 11.6 Å². The van der Waals surface area contributed by atoms with Crippen LogP contribution in [-0.2, 0) is 19.5 Å². The third-order valence-corrected chi connectivity index (χ3v) is 6.52. The van der Waals surface area contributed by atoms with E-state index in [4.69, 9.17) is 11.6 Å². The number of benzene rings is 2. The number of aromatic nitrogens is 1. The maximum absolute atomic E-state index is 13.9. The topological polar surface area (TPSA) is 91.6 Å². The van der Waals surface area contributed by atoms with Crippen LogP contribution in [0, 0.1) is 17.5 Å². The van der Waals surface area contributed by atoms with Crippen LogP contribution in [0.3, 0.4) is 0 Å². The van der Waals surface area contributed by atoms with Crippen molar-refractivity contribution in [1.29, 1.82) is 0 Å². The quantitative estimate of drug-likeness (QED) is 0.574. The monoisotopic (exact) mass is 503 g/mol. The zero-order valence-corrected chi connectivity index (χ0v) is 18.7. The molecular formula is C24H17ClF3N3O4. The number of aromatic hydroxyl groups is 1. The SMILES string of the molecule is O=C(NCc1c(F)cc(F)cc1F)c1cn2c(c(O)c1=O)C(=O)N1Cc3ccc(Cl)cc3C[C@H]2C1. The lowest BCUT2D eigenvalue weighted by atomic mass is 10.0. The Morgan fingerprint density at radius 2 is 1.83 bits per heavy atom. The molecule has 2 aliphatic rings. The molecule has 0 saturated heterocycles. The van der Waals surface area contributed by atoms with Gasteiger partial charge in [-0.3, -0.25) is 14.4 Å². The maximum atomic E-state index is 13.9. The molecule has 11 heteroatoms. The van der Waals surface area contributed by atoms with Crippen LogP contribution < -0.4 is 10.7 Å². The molecule has 0 aliphatic carbocycles. The molecule has 5 rings (SSSR count). The molecule has 0 fully saturated rings. The van der Waals surface area contributed by atoms with Gasteiger partial charge in [-0.15, -0.1) is 0 Å². The summed E-state index contributed by atoms with van der Waals surface area (Å²) in [6.07, 6.45) is 1.58. The Kier molecular flexibility index (Phi) is 5.55. The molecule has 0 unspecified atom stereocenters. The predicted molar refractivity (Wildman–Crippen MR) is 119 cm³/mol. The van der Waals surface area contributed by atoms with E-state index in [1.165, 1.54) is 15.7 Å².